The van der Waals surface area contributed by atoms with E-state index in [0.29, 0.717) is 12.3 Å². The van der Waals surface area contributed by atoms with E-state index < -0.39 is 0 Å². The van der Waals surface area contributed by atoms with Crippen molar-refractivity contribution in [1.29, 1.82) is 0 Å². The molecule has 0 aromatic rings. The van der Waals surface area contributed by atoms with E-state index in [2.05, 4.69) is 31.1 Å². The number of esters is 1. The number of carbonyl (C=O) groups excluding carboxylic acids is 1. The van der Waals surface area contributed by atoms with Crippen LogP contribution in [0.15, 0.2) is 0 Å². The highest BCUT2D eigenvalue weighted by atomic mass is 16.6. The topological polar surface area (TPSA) is 41.6 Å². The number of nitrogens with zero attached hydrogens (tertiary/aromatic N) is 1. The van der Waals surface area contributed by atoms with E-state index in [9.17, 15) is 4.79 Å². The Balaban J connectivity index is 1.91. The predicted molar refractivity (Wildman–Crippen MR) is 62.1 cm³/mol. The summed E-state index contributed by atoms with van der Waals surface area (Å²) >= 11 is 0. The summed E-state index contributed by atoms with van der Waals surface area (Å²) in [5.74, 6) is 0.627. The summed E-state index contributed by atoms with van der Waals surface area (Å²) in [4.78, 5) is 13.7. The molecule has 2 saturated heterocycles. The maximum Gasteiger partial charge on any atom is 0.306 e. The molecule has 1 spiro atoms. The zero-order chi connectivity index (χ0) is 11.8. The number of hydrogen-bond donors (Lipinski definition) is 1. The van der Waals surface area contributed by atoms with Gasteiger partial charge in [0.2, 0.25) is 0 Å². The third-order valence-electron chi connectivity index (χ3n) is 3.56. The molecule has 16 heavy (non-hydrogen) atoms. The van der Waals surface area contributed by atoms with E-state index in [1.165, 1.54) is 0 Å². The first-order valence-electron chi connectivity index (χ1n) is 6.10. The molecular weight excluding hydrogens is 204 g/mol. The van der Waals surface area contributed by atoms with Crippen molar-refractivity contribution in [3.8, 4) is 0 Å². The normalized spacial score (nSPS) is 27.6. The van der Waals surface area contributed by atoms with Crippen LogP contribution < -0.4 is 5.32 Å². The van der Waals surface area contributed by atoms with E-state index in [1.54, 1.807) is 0 Å². The Bertz CT molecular complexity index is 274. The summed E-state index contributed by atoms with van der Waals surface area (Å²) in [5, 5.41) is 3.26. The van der Waals surface area contributed by atoms with Crippen LogP contribution in [0.1, 0.15) is 20.3 Å². The molecule has 92 valence electrons. The van der Waals surface area contributed by atoms with Crippen molar-refractivity contribution in [3.63, 3.8) is 0 Å². The van der Waals surface area contributed by atoms with Gasteiger partial charge in [0.15, 0.2) is 0 Å². The fourth-order valence-corrected chi connectivity index (χ4v) is 2.74. The van der Waals surface area contributed by atoms with Crippen LogP contribution in [0.5, 0.6) is 0 Å². The van der Waals surface area contributed by atoms with E-state index >= 15 is 0 Å². The maximum absolute atomic E-state index is 11.4. The van der Waals surface area contributed by atoms with Gasteiger partial charge in [-0.25, -0.2) is 0 Å². The molecular formula is C12H22N2O2. The largest absolute Gasteiger partial charge is 0.460 e. The van der Waals surface area contributed by atoms with E-state index in [-0.39, 0.29) is 17.5 Å². The van der Waals surface area contributed by atoms with Crippen molar-refractivity contribution in [2.75, 3.05) is 33.2 Å². The minimum Gasteiger partial charge on any atom is -0.460 e. The predicted octanol–water partition coefficient (Wildman–Crippen LogP) is 0.479. The summed E-state index contributed by atoms with van der Waals surface area (Å²) < 4.78 is 5.45. The molecule has 1 unspecified atom stereocenters. The third kappa shape index (κ3) is 2.23. The second-order valence-corrected chi connectivity index (χ2v) is 5.74. The lowest BCUT2D eigenvalue weighted by Crippen LogP contribution is -2.59. The van der Waals surface area contributed by atoms with Gasteiger partial charge in [0, 0.05) is 31.6 Å². The Morgan fingerprint density at radius 2 is 2.25 bits per heavy atom. The van der Waals surface area contributed by atoms with Gasteiger partial charge in [0.1, 0.15) is 6.10 Å². The van der Waals surface area contributed by atoms with Gasteiger partial charge >= 0.3 is 5.97 Å². The smallest absolute Gasteiger partial charge is 0.306 e. The Labute approximate surface area is 97.3 Å². The molecule has 0 saturated carbocycles. The SMILES string of the molecule is CC(C)CN(C)CC1OC(=O)CC12CNC2. The first kappa shape index (κ1) is 11.9. The lowest BCUT2D eigenvalue weighted by atomic mass is 9.75. The third-order valence-corrected chi connectivity index (χ3v) is 3.56. The molecule has 0 aromatic heterocycles. The number of nitrogens with one attached hydrogen (secondary N) is 1. The number of hydrogen-bond acceptors (Lipinski definition) is 4. The molecule has 2 aliphatic rings. The minimum atomic E-state index is -0.0237. The van der Waals surface area contributed by atoms with Gasteiger partial charge in [-0.3, -0.25) is 4.79 Å². The van der Waals surface area contributed by atoms with Gasteiger partial charge in [0.05, 0.1) is 6.42 Å². The molecule has 0 aromatic carbocycles. The zero-order valence-corrected chi connectivity index (χ0v) is 10.5. The van der Waals surface area contributed by atoms with Crippen LogP contribution in [-0.2, 0) is 9.53 Å². The molecule has 4 heteroatoms. The molecule has 1 atom stereocenters. The highest BCUT2D eigenvalue weighted by Crippen LogP contribution is 2.39. The number of rotatable bonds is 4. The molecule has 4 nitrogen and oxygen atoms in total. The van der Waals surface area contributed by atoms with Crippen molar-refractivity contribution in [2.24, 2.45) is 11.3 Å². The molecule has 0 bridgehead atoms. The van der Waals surface area contributed by atoms with Crippen LogP contribution in [0, 0.1) is 11.3 Å². The molecule has 2 aliphatic heterocycles. The van der Waals surface area contributed by atoms with Gasteiger partial charge in [0.25, 0.3) is 0 Å². The highest BCUT2D eigenvalue weighted by Gasteiger charge is 2.53. The highest BCUT2D eigenvalue weighted by molar-refractivity contribution is 5.73. The lowest BCUT2D eigenvalue weighted by Gasteiger charge is -2.42. The van der Waals surface area contributed by atoms with Gasteiger partial charge in [-0.05, 0) is 13.0 Å². The second kappa shape index (κ2) is 4.34. The quantitative estimate of drug-likeness (QED) is 0.708. The molecule has 2 rings (SSSR count). The van der Waals surface area contributed by atoms with Crippen LogP contribution >= 0.6 is 0 Å². The monoisotopic (exact) mass is 226 g/mol. The number of likely N-dealkylation sites (N-methyl/N-ethyl adjacent to an activating group) is 1. The summed E-state index contributed by atoms with van der Waals surface area (Å²) in [6.45, 7) is 8.19. The molecule has 0 radical (unpaired) electrons. The van der Waals surface area contributed by atoms with Gasteiger partial charge < -0.3 is 15.0 Å². The summed E-state index contributed by atoms with van der Waals surface area (Å²) in [5.41, 5.74) is 0.0995. The standard InChI is InChI=1S/C12H22N2O2/c1-9(2)5-14(3)6-10-12(7-13-8-12)4-11(15)16-10/h9-10,13H,4-8H2,1-3H3. The number of cyclic esters (lactones) is 1. The Morgan fingerprint density at radius 3 is 2.75 bits per heavy atom. The summed E-state index contributed by atoms with van der Waals surface area (Å²) in [6.07, 6.45) is 0.685. The molecule has 2 heterocycles. The summed E-state index contributed by atoms with van der Waals surface area (Å²) in [6, 6.07) is 0. The van der Waals surface area contributed by atoms with E-state index in [0.717, 1.165) is 26.2 Å². The van der Waals surface area contributed by atoms with Crippen molar-refractivity contribution >= 4 is 5.97 Å². The lowest BCUT2D eigenvalue weighted by molar-refractivity contribution is -0.142. The van der Waals surface area contributed by atoms with E-state index in [1.807, 2.05) is 0 Å². The molecule has 1 N–H and O–H groups in total. The average molecular weight is 226 g/mol. The summed E-state index contributed by atoms with van der Waals surface area (Å²) in [7, 11) is 2.10. The molecule has 0 aliphatic carbocycles. The Hall–Kier alpha value is -0.610. The first-order valence-corrected chi connectivity index (χ1v) is 6.10. The van der Waals surface area contributed by atoms with E-state index in [4.69, 9.17) is 4.74 Å². The number of ether oxygens (including phenoxy) is 1. The van der Waals surface area contributed by atoms with Crippen LogP contribution in [-0.4, -0.2) is 50.2 Å². The minimum absolute atomic E-state index is 0.0237. The van der Waals surface area contributed by atoms with Crippen molar-refractivity contribution in [2.45, 2.75) is 26.4 Å². The van der Waals surface area contributed by atoms with Gasteiger partial charge in [-0.2, -0.15) is 0 Å². The number of carbonyl (C=O) groups is 1. The molecule has 0 amide bonds. The second-order valence-electron chi connectivity index (χ2n) is 5.74. The van der Waals surface area contributed by atoms with Crippen molar-refractivity contribution in [1.82, 2.24) is 10.2 Å². The van der Waals surface area contributed by atoms with Gasteiger partial charge in [-0.15, -0.1) is 0 Å². The van der Waals surface area contributed by atoms with Crippen LogP contribution in [0.4, 0.5) is 0 Å². The van der Waals surface area contributed by atoms with Gasteiger partial charge in [-0.1, -0.05) is 13.8 Å². The van der Waals surface area contributed by atoms with Crippen molar-refractivity contribution < 1.29 is 9.53 Å². The average Bonchev–Trinajstić information content (AvgIpc) is 2.39. The van der Waals surface area contributed by atoms with Crippen LogP contribution in [0.25, 0.3) is 0 Å². The Morgan fingerprint density at radius 1 is 1.56 bits per heavy atom. The first-order chi connectivity index (χ1) is 7.52. The molecule has 2 fully saturated rings. The maximum atomic E-state index is 11.4. The van der Waals surface area contributed by atoms with Crippen molar-refractivity contribution in [3.05, 3.63) is 0 Å². The van der Waals surface area contributed by atoms with Crippen LogP contribution in [0.3, 0.4) is 0 Å². The fraction of sp³-hybridized carbons (Fsp3) is 0.917. The zero-order valence-electron chi connectivity index (χ0n) is 10.5. The fourth-order valence-electron chi connectivity index (χ4n) is 2.74. The Kier molecular flexibility index (Phi) is 3.22. The van der Waals surface area contributed by atoms with Crippen LogP contribution in [0.2, 0.25) is 0 Å².